The zero-order chi connectivity index (χ0) is 20.8. The second-order valence-corrected chi connectivity index (χ2v) is 6.56. The molecule has 0 spiro atoms. The highest BCUT2D eigenvalue weighted by atomic mass is 16.2. The van der Waals surface area contributed by atoms with Crippen molar-refractivity contribution >= 4 is 23.2 Å². The van der Waals surface area contributed by atoms with E-state index >= 15 is 0 Å². The van der Waals surface area contributed by atoms with Gasteiger partial charge in [0, 0.05) is 17.6 Å². The first-order valence-electron chi connectivity index (χ1n) is 9.20. The minimum absolute atomic E-state index is 0.359. The lowest BCUT2D eigenvalue weighted by molar-refractivity contribution is -0.121. The number of carbonyl (C=O) groups is 2. The second kappa shape index (κ2) is 8.89. The number of hydrogen-bond acceptors (Lipinski definition) is 3. The number of H-pyrrole nitrogens is 1. The van der Waals surface area contributed by atoms with Crippen molar-refractivity contribution in [3.63, 3.8) is 0 Å². The molecular formula is C23H22N4O2. The van der Waals surface area contributed by atoms with Crippen LogP contribution in [0.25, 0.3) is 0 Å². The Morgan fingerprint density at radius 2 is 1.72 bits per heavy atom. The summed E-state index contributed by atoms with van der Waals surface area (Å²) in [5.41, 5.74) is 3.66. The molecule has 29 heavy (non-hydrogen) atoms. The standard InChI is InChI=1S/C23H22N4O2/c1-4-9-20(28)27(18-12-6-5-7-13-18)22(19-14-15-24-26-19)23(29)25-21-16(2)10-8-11-17(21)3/h5-8,10-15,22H,1-3H3,(H,24,26)(H,25,29). The molecular weight excluding hydrogens is 364 g/mol. The second-order valence-electron chi connectivity index (χ2n) is 6.56. The Balaban J connectivity index is 2.08. The van der Waals surface area contributed by atoms with Gasteiger partial charge in [0.05, 0.1) is 5.69 Å². The third kappa shape index (κ3) is 4.36. The first-order valence-corrected chi connectivity index (χ1v) is 9.20. The minimum Gasteiger partial charge on any atom is -0.323 e. The molecule has 0 aliphatic rings. The van der Waals surface area contributed by atoms with Crippen LogP contribution in [-0.2, 0) is 9.59 Å². The number of aromatic amines is 1. The van der Waals surface area contributed by atoms with Gasteiger partial charge in [-0.1, -0.05) is 42.3 Å². The van der Waals surface area contributed by atoms with Gasteiger partial charge in [0.2, 0.25) is 0 Å². The van der Waals surface area contributed by atoms with E-state index in [0.717, 1.165) is 16.8 Å². The van der Waals surface area contributed by atoms with Gasteiger partial charge in [-0.2, -0.15) is 5.10 Å². The number of para-hydroxylation sites is 2. The van der Waals surface area contributed by atoms with Gasteiger partial charge in [-0.15, -0.1) is 0 Å². The number of nitrogens with zero attached hydrogens (tertiary/aromatic N) is 2. The monoisotopic (exact) mass is 386 g/mol. The fourth-order valence-corrected chi connectivity index (χ4v) is 3.16. The van der Waals surface area contributed by atoms with Gasteiger partial charge in [-0.05, 0) is 56.0 Å². The highest BCUT2D eigenvalue weighted by Gasteiger charge is 2.33. The Bertz CT molecular complexity index is 1040. The van der Waals surface area contributed by atoms with Crippen LogP contribution in [0.5, 0.6) is 0 Å². The van der Waals surface area contributed by atoms with Crippen LogP contribution < -0.4 is 10.2 Å². The number of carbonyl (C=O) groups excluding carboxylic acids is 2. The van der Waals surface area contributed by atoms with E-state index < -0.39 is 11.9 Å². The van der Waals surface area contributed by atoms with Crippen molar-refractivity contribution in [2.75, 3.05) is 10.2 Å². The van der Waals surface area contributed by atoms with Crippen LogP contribution in [0.3, 0.4) is 0 Å². The van der Waals surface area contributed by atoms with E-state index in [2.05, 4.69) is 27.4 Å². The van der Waals surface area contributed by atoms with Crippen molar-refractivity contribution in [3.05, 3.63) is 77.6 Å². The van der Waals surface area contributed by atoms with Gasteiger partial charge in [0.25, 0.3) is 5.91 Å². The maximum absolute atomic E-state index is 13.4. The van der Waals surface area contributed by atoms with E-state index in [1.807, 2.05) is 50.2 Å². The third-order valence-electron chi connectivity index (χ3n) is 4.54. The number of rotatable bonds is 5. The number of aryl methyl sites for hydroxylation is 2. The number of hydrogen-bond donors (Lipinski definition) is 2. The SMILES string of the molecule is CC#CC(=O)N(c1ccccc1)C(C(=O)Nc1c(C)cccc1C)c1ccn[nH]1. The highest BCUT2D eigenvalue weighted by molar-refractivity contribution is 6.11. The van der Waals surface area contributed by atoms with Crippen molar-refractivity contribution in [1.29, 1.82) is 0 Å². The predicted octanol–water partition coefficient (Wildman–Crippen LogP) is 3.76. The van der Waals surface area contributed by atoms with E-state index in [1.54, 1.807) is 31.3 Å². The van der Waals surface area contributed by atoms with Gasteiger partial charge in [-0.3, -0.25) is 19.6 Å². The molecule has 0 fully saturated rings. The van der Waals surface area contributed by atoms with Crippen LogP contribution in [0.1, 0.15) is 29.8 Å². The number of aromatic nitrogens is 2. The van der Waals surface area contributed by atoms with E-state index in [0.29, 0.717) is 11.4 Å². The van der Waals surface area contributed by atoms with Gasteiger partial charge < -0.3 is 5.32 Å². The molecule has 3 aromatic rings. The third-order valence-corrected chi connectivity index (χ3v) is 4.54. The van der Waals surface area contributed by atoms with Crippen molar-refractivity contribution < 1.29 is 9.59 Å². The first kappa shape index (κ1) is 19.9. The summed E-state index contributed by atoms with van der Waals surface area (Å²) in [6.07, 6.45) is 1.55. The molecule has 146 valence electrons. The Hall–Kier alpha value is -3.85. The molecule has 1 aromatic heterocycles. The lowest BCUT2D eigenvalue weighted by Crippen LogP contribution is -2.41. The quantitative estimate of drug-likeness (QED) is 0.656. The molecule has 2 aromatic carbocycles. The van der Waals surface area contributed by atoms with Gasteiger partial charge in [0.15, 0.2) is 6.04 Å². The maximum Gasteiger partial charge on any atom is 0.303 e. The summed E-state index contributed by atoms with van der Waals surface area (Å²) in [7, 11) is 0. The molecule has 6 nitrogen and oxygen atoms in total. The predicted molar refractivity (Wildman–Crippen MR) is 113 cm³/mol. The van der Waals surface area contributed by atoms with Crippen LogP contribution in [0.4, 0.5) is 11.4 Å². The van der Waals surface area contributed by atoms with Gasteiger partial charge in [0.1, 0.15) is 0 Å². The normalized spacial score (nSPS) is 11.1. The Kier molecular flexibility index (Phi) is 6.10. The molecule has 0 radical (unpaired) electrons. The van der Waals surface area contributed by atoms with Crippen molar-refractivity contribution in [1.82, 2.24) is 10.2 Å². The van der Waals surface area contributed by atoms with Crippen LogP contribution in [0, 0.1) is 25.7 Å². The summed E-state index contributed by atoms with van der Waals surface area (Å²) in [4.78, 5) is 27.7. The summed E-state index contributed by atoms with van der Waals surface area (Å²) in [6.45, 7) is 5.44. The molecule has 0 bridgehead atoms. The zero-order valence-corrected chi connectivity index (χ0v) is 16.6. The zero-order valence-electron chi connectivity index (χ0n) is 16.6. The first-order chi connectivity index (χ1) is 14.0. The summed E-state index contributed by atoms with van der Waals surface area (Å²) >= 11 is 0. The molecule has 0 aliphatic heterocycles. The molecule has 0 saturated carbocycles. The lowest BCUT2D eigenvalue weighted by atomic mass is 10.1. The summed E-state index contributed by atoms with van der Waals surface area (Å²) in [5.74, 6) is 4.34. The Morgan fingerprint density at radius 3 is 2.31 bits per heavy atom. The van der Waals surface area contributed by atoms with Crippen LogP contribution in [-0.4, -0.2) is 22.0 Å². The summed E-state index contributed by atoms with van der Waals surface area (Å²) < 4.78 is 0. The molecule has 3 rings (SSSR count). The number of benzene rings is 2. The number of anilines is 2. The molecule has 0 saturated heterocycles. The van der Waals surface area contributed by atoms with Crippen LogP contribution in [0.2, 0.25) is 0 Å². The number of amides is 2. The topological polar surface area (TPSA) is 78.1 Å². The molecule has 1 unspecified atom stereocenters. The fraction of sp³-hybridized carbons (Fsp3) is 0.174. The maximum atomic E-state index is 13.4. The molecule has 1 heterocycles. The molecule has 0 aliphatic carbocycles. The number of nitrogens with one attached hydrogen (secondary N) is 2. The minimum atomic E-state index is -0.966. The fourth-order valence-electron chi connectivity index (χ4n) is 3.16. The van der Waals surface area contributed by atoms with E-state index in [1.165, 1.54) is 4.90 Å². The lowest BCUT2D eigenvalue weighted by Gasteiger charge is -2.29. The Labute approximate surface area is 169 Å². The molecule has 6 heteroatoms. The largest absolute Gasteiger partial charge is 0.323 e. The molecule has 2 N–H and O–H groups in total. The van der Waals surface area contributed by atoms with Crippen molar-refractivity contribution in [3.8, 4) is 11.8 Å². The smallest absolute Gasteiger partial charge is 0.303 e. The average molecular weight is 386 g/mol. The average Bonchev–Trinajstić information content (AvgIpc) is 3.23. The van der Waals surface area contributed by atoms with E-state index in [9.17, 15) is 9.59 Å². The van der Waals surface area contributed by atoms with Crippen molar-refractivity contribution in [2.45, 2.75) is 26.8 Å². The van der Waals surface area contributed by atoms with E-state index in [4.69, 9.17) is 0 Å². The summed E-state index contributed by atoms with van der Waals surface area (Å²) in [5, 5.41) is 9.78. The molecule has 1 atom stereocenters. The van der Waals surface area contributed by atoms with Gasteiger partial charge in [-0.25, -0.2) is 0 Å². The van der Waals surface area contributed by atoms with Crippen LogP contribution in [0.15, 0.2) is 60.8 Å². The van der Waals surface area contributed by atoms with Gasteiger partial charge >= 0.3 is 5.91 Å². The Morgan fingerprint density at radius 1 is 1.03 bits per heavy atom. The van der Waals surface area contributed by atoms with Crippen molar-refractivity contribution in [2.24, 2.45) is 0 Å². The highest BCUT2D eigenvalue weighted by Crippen LogP contribution is 2.29. The van der Waals surface area contributed by atoms with E-state index in [-0.39, 0.29) is 5.91 Å². The summed E-state index contributed by atoms with van der Waals surface area (Å²) in [6, 6.07) is 15.5. The van der Waals surface area contributed by atoms with Crippen LogP contribution >= 0.6 is 0 Å². The molecule has 2 amide bonds.